The molecule has 0 radical (unpaired) electrons. The minimum atomic E-state index is -3.27. The Morgan fingerprint density at radius 2 is 2.15 bits per heavy atom. The summed E-state index contributed by atoms with van der Waals surface area (Å²) in [6.45, 7) is 2.88. The first-order chi connectivity index (χ1) is 9.29. The van der Waals surface area contributed by atoms with Crippen molar-refractivity contribution in [2.24, 2.45) is 0 Å². The molecular weight excluding hydrogens is 279 g/mol. The van der Waals surface area contributed by atoms with Crippen molar-refractivity contribution in [1.82, 2.24) is 10.2 Å². The normalized spacial score (nSPS) is 22.6. The van der Waals surface area contributed by atoms with Crippen LogP contribution in [-0.2, 0) is 9.84 Å². The van der Waals surface area contributed by atoms with Gasteiger partial charge < -0.3 is 10.2 Å². The second-order valence-electron chi connectivity index (χ2n) is 5.67. The Labute approximate surface area is 119 Å². The lowest BCUT2D eigenvalue weighted by Gasteiger charge is -2.30. The molecule has 1 aromatic rings. The van der Waals surface area contributed by atoms with E-state index in [2.05, 4.69) is 10.2 Å². The van der Waals surface area contributed by atoms with E-state index in [1.807, 2.05) is 21.0 Å². The molecule has 0 saturated heterocycles. The summed E-state index contributed by atoms with van der Waals surface area (Å²) in [7, 11) is 0.699. The maximum Gasteiger partial charge on any atom is 0.178 e. The number of hydrogen-bond acceptors (Lipinski definition) is 4. The average Bonchev–Trinajstić information content (AvgIpc) is 2.31. The molecule has 1 heterocycles. The van der Waals surface area contributed by atoms with E-state index in [4.69, 9.17) is 0 Å². The predicted octanol–water partition coefficient (Wildman–Crippen LogP) is 1.58. The third-order valence-corrected chi connectivity index (χ3v) is 5.30. The van der Waals surface area contributed by atoms with E-state index in [-0.39, 0.29) is 22.7 Å². The average molecular weight is 300 g/mol. The number of rotatable bonds is 4. The molecule has 2 rings (SSSR count). The quantitative estimate of drug-likeness (QED) is 0.858. The highest BCUT2D eigenvalue weighted by Gasteiger charge is 2.31. The monoisotopic (exact) mass is 300 g/mol. The van der Waals surface area contributed by atoms with Gasteiger partial charge in [-0.05, 0) is 51.2 Å². The smallest absolute Gasteiger partial charge is 0.178 e. The SMILES string of the molecule is CC(CN(C)C)NC1CCS(=O)(=O)c2ccc(F)cc21. The van der Waals surface area contributed by atoms with Crippen LogP contribution in [-0.4, -0.2) is 45.8 Å². The van der Waals surface area contributed by atoms with Crippen LogP contribution in [0.1, 0.15) is 24.9 Å². The van der Waals surface area contributed by atoms with E-state index in [9.17, 15) is 12.8 Å². The maximum atomic E-state index is 13.4. The van der Waals surface area contributed by atoms with E-state index in [0.717, 1.165) is 6.54 Å². The van der Waals surface area contributed by atoms with Gasteiger partial charge in [0.1, 0.15) is 5.82 Å². The number of halogens is 1. The fourth-order valence-electron chi connectivity index (χ4n) is 2.73. The molecule has 20 heavy (non-hydrogen) atoms. The van der Waals surface area contributed by atoms with Crippen molar-refractivity contribution in [2.75, 3.05) is 26.4 Å². The number of nitrogens with zero attached hydrogens (tertiary/aromatic N) is 1. The van der Waals surface area contributed by atoms with E-state index >= 15 is 0 Å². The molecule has 1 aliphatic rings. The summed E-state index contributed by atoms with van der Waals surface area (Å²) in [4.78, 5) is 2.32. The van der Waals surface area contributed by atoms with Crippen molar-refractivity contribution >= 4 is 9.84 Å². The molecule has 1 aliphatic heterocycles. The third-order valence-electron chi connectivity index (χ3n) is 3.48. The minimum Gasteiger partial charge on any atom is -0.308 e. The van der Waals surface area contributed by atoms with Crippen molar-refractivity contribution in [3.05, 3.63) is 29.6 Å². The molecular formula is C14H21FN2O2S. The first kappa shape index (κ1) is 15.4. The maximum absolute atomic E-state index is 13.4. The Balaban J connectivity index is 2.28. The highest BCUT2D eigenvalue weighted by molar-refractivity contribution is 7.91. The van der Waals surface area contributed by atoms with E-state index in [1.165, 1.54) is 18.2 Å². The van der Waals surface area contributed by atoms with Crippen LogP contribution in [0.2, 0.25) is 0 Å². The fourth-order valence-corrected chi connectivity index (χ4v) is 4.33. The Bertz CT molecular complexity index is 587. The Kier molecular flexibility index (Phi) is 4.46. The van der Waals surface area contributed by atoms with Crippen molar-refractivity contribution in [3.63, 3.8) is 0 Å². The van der Waals surface area contributed by atoms with Gasteiger partial charge in [0.15, 0.2) is 9.84 Å². The molecule has 0 fully saturated rings. The predicted molar refractivity (Wildman–Crippen MR) is 77.0 cm³/mol. The minimum absolute atomic E-state index is 0.109. The standard InChI is InChI=1S/C14H21FN2O2S/c1-10(9-17(2)3)16-13-6-7-20(18,19)14-5-4-11(15)8-12(13)14/h4-5,8,10,13,16H,6-7,9H2,1-3H3. The molecule has 0 aromatic heterocycles. The molecule has 0 spiro atoms. The van der Waals surface area contributed by atoms with Crippen LogP contribution in [0.4, 0.5) is 4.39 Å². The van der Waals surface area contributed by atoms with Crippen LogP contribution in [0, 0.1) is 5.82 Å². The van der Waals surface area contributed by atoms with Gasteiger partial charge in [0.2, 0.25) is 0 Å². The zero-order valence-corrected chi connectivity index (χ0v) is 12.9. The van der Waals surface area contributed by atoms with Crippen LogP contribution < -0.4 is 5.32 Å². The lowest BCUT2D eigenvalue weighted by molar-refractivity contribution is 0.323. The van der Waals surface area contributed by atoms with Crippen LogP contribution in [0.15, 0.2) is 23.1 Å². The largest absolute Gasteiger partial charge is 0.308 e. The number of sulfone groups is 1. The molecule has 4 nitrogen and oxygen atoms in total. The summed E-state index contributed by atoms with van der Waals surface area (Å²) < 4.78 is 37.5. The molecule has 1 aromatic carbocycles. The number of hydrogen-bond donors (Lipinski definition) is 1. The summed E-state index contributed by atoms with van der Waals surface area (Å²) in [5.41, 5.74) is 0.557. The van der Waals surface area contributed by atoms with Gasteiger partial charge in [-0.3, -0.25) is 0 Å². The molecule has 2 unspecified atom stereocenters. The van der Waals surface area contributed by atoms with Crippen LogP contribution in [0.25, 0.3) is 0 Å². The van der Waals surface area contributed by atoms with Crippen molar-refractivity contribution in [3.8, 4) is 0 Å². The van der Waals surface area contributed by atoms with Gasteiger partial charge >= 0.3 is 0 Å². The van der Waals surface area contributed by atoms with Crippen molar-refractivity contribution in [1.29, 1.82) is 0 Å². The van der Waals surface area contributed by atoms with Crippen molar-refractivity contribution < 1.29 is 12.8 Å². The Morgan fingerprint density at radius 1 is 1.45 bits per heavy atom. The van der Waals surface area contributed by atoms with Gasteiger partial charge in [-0.1, -0.05) is 0 Å². The topological polar surface area (TPSA) is 49.4 Å². The summed E-state index contributed by atoms with van der Waals surface area (Å²) in [6.07, 6.45) is 0.483. The zero-order chi connectivity index (χ0) is 14.9. The third kappa shape index (κ3) is 3.37. The van der Waals surface area contributed by atoms with Gasteiger partial charge in [0.25, 0.3) is 0 Å². The lowest BCUT2D eigenvalue weighted by Crippen LogP contribution is -2.40. The summed E-state index contributed by atoms with van der Waals surface area (Å²) >= 11 is 0. The molecule has 1 N–H and O–H groups in total. The molecule has 2 atom stereocenters. The van der Waals surface area contributed by atoms with E-state index < -0.39 is 15.7 Å². The van der Waals surface area contributed by atoms with Crippen LogP contribution in [0.5, 0.6) is 0 Å². The molecule has 6 heteroatoms. The molecule has 0 aliphatic carbocycles. The number of likely N-dealkylation sites (N-methyl/N-ethyl adjacent to an activating group) is 1. The highest BCUT2D eigenvalue weighted by atomic mass is 32.2. The first-order valence-electron chi connectivity index (χ1n) is 6.72. The Hall–Kier alpha value is -0.980. The van der Waals surface area contributed by atoms with Gasteiger partial charge in [0.05, 0.1) is 10.6 Å². The number of nitrogens with one attached hydrogen (secondary N) is 1. The fraction of sp³-hybridized carbons (Fsp3) is 0.571. The van der Waals surface area contributed by atoms with Crippen molar-refractivity contribution in [2.45, 2.75) is 30.3 Å². The van der Waals surface area contributed by atoms with E-state index in [1.54, 1.807) is 0 Å². The van der Waals surface area contributed by atoms with Gasteiger partial charge in [-0.25, -0.2) is 12.8 Å². The molecule has 0 amide bonds. The second-order valence-corrected chi connectivity index (χ2v) is 7.75. The molecule has 112 valence electrons. The number of benzene rings is 1. The second kappa shape index (κ2) is 5.79. The molecule has 0 saturated carbocycles. The number of fused-ring (bicyclic) bond motifs is 1. The summed E-state index contributed by atoms with van der Waals surface area (Å²) in [5, 5.41) is 3.40. The Morgan fingerprint density at radius 3 is 2.80 bits per heavy atom. The van der Waals surface area contributed by atoms with Gasteiger partial charge in [0, 0.05) is 18.6 Å². The highest BCUT2D eigenvalue weighted by Crippen LogP contribution is 2.32. The zero-order valence-electron chi connectivity index (χ0n) is 12.1. The van der Waals surface area contributed by atoms with Gasteiger partial charge in [-0.15, -0.1) is 0 Å². The van der Waals surface area contributed by atoms with Crippen LogP contribution in [0.3, 0.4) is 0 Å². The van der Waals surface area contributed by atoms with Crippen LogP contribution >= 0.6 is 0 Å². The summed E-state index contributed by atoms with van der Waals surface area (Å²) in [5.74, 6) is -0.286. The summed E-state index contributed by atoms with van der Waals surface area (Å²) in [6, 6.07) is 4.02. The lowest BCUT2D eigenvalue weighted by atomic mass is 10.0. The first-order valence-corrected chi connectivity index (χ1v) is 8.38. The van der Waals surface area contributed by atoms with E-state index in [0.29, 0.717) is 12.0 Å². The van der Waals surface area contributed by atoms with Gasteiger partial charge in [-0.2, -0.15) is 0 Å². The molecule has 0 bridgehead atoms.